The first kappa shape index (κ1) is 36.3. The van der Waals surface area contributed by atoms with E-state index >= 15 is 0 Å². The van der Waals surface area contributed by atoms with Crippen LogP contribution in [0.25, 0.3) is 0 Å². The van der Waals surface area contributed by atoms with Gasteiger partial charge in [-0.1, -0.05) is 97.4 Å². The Morgan fingerprint density at radius 2 is 1.30 bits per heavy atom. The van der Waals surface area contributed by atoms with E-state index in [1.165, 1.54) is 17.7 Å². The molecule has 3 N–H and O–H groups in total. The smallest absolute Gasteiger partial charge is 0.422 e. The molecule has 0 aliphatic carbocycles. The first-order chi connectivity index (χ1) is 22.4. The lowest BCUT2D eigenvalue weighted by atomic mass is 10.0. The van der Waals surface area contributed by atoms with Crippen LogP contribution in [0.15, 0.2) is 109 Å². The molecule has 0 fully saturated rings. The van der Waals surface area contributed by atoms with Crippen LogP contribution >= 0.6 is 0 Å². The number of ether oxygens (including phenoxy) is 1. The van der Waals surface area contributed by atoms with E-state index in [-0.39, 0.29) is 17.6 Å². The number of alkyl halides is 3. The normalized spacial score (nSPS) is 12.0. The molecule has 0 aliphatic rings. The molecule has 47 heavy (non-hydrogen) atoms. The van der Waals surface area contributed by atoms with Gasteiger partial charge in [0.2, 0.25) is 11.8 Å². The van der Waals surface area contributed by atoms with E-state index in [1.54, 1.807) is 43.3 Å². The Balaban J connectivity index is 0.000000386. The molecule has 10 heteroatoms. The van der Waals surface area contributed by atoms with Crippen molar-refractivity contribution in [3.63, 3.8) is 0 Å². The number of benzene rings is 4. The molecule has 3 amide bonds. The standard InChI is InChI=1S/C28H31N3O3.C9H9F3O/c1-3-21-14-16-23(17-15-21)19-29-28(34)25(18-22-10-6-4-7-11-22)31-26(32)20(2)30-27(33)24-12-8-5-9-13-24;1-7-2-4-8(5-3-7)13-6-9(10,11)12/h4-17,20,25H,3,18-19H2,1-2H3,(H,29,34)(H,30,33)(H,31,32);2-5H,6H2,1H3. The van der Waals surface area contributed by atoms with Crippen molar-refractivity contribution in [3.8, 4) is 5.75 Å². The maximum atomic E-state index is 13.0. The topological polar surface area (TPSA) is 96.5 Å². The van der Waals surface area contributed by atoms with Gasteiger partial charge >= 0.3 is 6.18 Å². The summed E-state index contributed by atoms with van der Waals surface area (Å²) in [5.74, 6) is -0.809. The van der Waals surface area contributed by atoms with Gasteiger partial charge in [0.1, 0.15) is 17.8 Å². The maximum Gasteiger partial charge on any atom is 0.422 e. The van der Waals surface area contributed by atoms with Crippen molar-refractivity contribution in [2.45, 2.75) is 58.4 Å². The average molecular weight is 648 g/mol. The summed E-state index contributed by atoms with van der Waals surface area (Å²) < 4.78 is 39.6. The SMILES string of the molecule is CCc1ccc(CNC(=O)C(Cc2ccccc2)NC(=O)C(C)NC(=O)c2ccccc2)cc1.Cc1ccc(OCC(F)(F)F)cc1. The maximum absolute atomic E-state index is 13.0. The molecule has 4 aromatic rings. The summed E-state index contributed by atoms with van der Waals surface area (Å²) in [4.78, 5) is 38.3. The lowest BCUT2D eigenvalue weighted by molar-refractivity contribution is -0.153. The highest BCUT2D eigenvalue weighted by Crippen LogP contribution is 2.18. The van der Waals surface area contributed by atoms with Crippen molar-refractivity contribution in [2.24, 2.45) is 0 Å². The van der Waals surface area contributed by atoms with Crippen LogP contribution in [0, 0.1) is 6.92 Å². The van der Waals surface area contributed by atoms with Crippen LogP contribution in [0.2, 0.25) is 0 Å². The van der Waals surface area contributed by atoms with Gasteiger partial charge in [0, 0.05) is 18.5 Å². The van der Waals surface area contributed by atoms with Crippen LogP contribution in [-0.2, 0) is 29.0 Å². The molecule has 0 radical (unpaired) electrons. The van der Waals surface area contributed by atoms with Gasteiger partial charge in [0.15, 0.2) is 6.61 Å². The van der Waals surface area contributed by atoms with E-state index in [4.69, 9.17) is 0 Å². The Hall–Kier alpha value is -5.12. The monoisotopic (exact) mass is 647 g/mol. The van der Waals surface area contributed by atoms with Gasteiger partial charge in [-0.05, 0) is 61.2 Å². The molecule has 0 aromatic heterocycles. The van der Waals surface area contributed by atoms with Gasteiger partial charge in [-0.25, -0.2) is 0 Å². The van der Waals surface area contributed by atoms with Crippen LogP contribution in [0.3, 0.4) is 0 Å². The van der Waals surface area contributed by atoms with Crippen LogP contribution < -0.4 is 20.7 Å². The first-order valence-electron chi connectivity index (χ1n) is 15.3. The summed E-state index contributed by atoms with van der Waals surface area (Å²) in [5.41, 5.74) is 4.60. The molecule has 0 bridgehead atoms. The third-order valence-corrected chi connectivity index (χ3v) is 7.01. The summed E-state index contributed by atoms with van der Waals surface area (Å²) in [7, 11) is 0. The average Bonchev–Trinajstić information content (AvgIpc) is 3.07. The van der Waals surface area contributed by atoms with Crippen molar-refractivity contribution >= 4 is 17.7 Å². The van der Waals surface area contributed by atoms with E-state index in [0.717, 1.165) is 23.1 Å². The van der Waals surface area contributed by atoms with Crippen LogP contribution in [0.5, 0.6) is 5.75 Å². The summed E-state index contributed by atoms with van der Waals surface area (Å²) in [6, 6.07) is 31.1. The highest BCUT2D eigenvalue weighted by atomic mass is 19.4. The van der Waals surface area contributed by atoms with Crippen molar-refractivity contribution in [1.29, 1.82) is 0 Å². The molecule has 248 valence electrons. The molecular weight excluding hydrogens is 607 g/mol. The molecule has 7 nitrogen and oxygen atoms in total. The predicted molar refractivity (Wildman–Crippen MR) is 176 cm³/mol. The Bertz CT molecular complexity index is 1550. The largest absolute Gasteiger partial charge is 0.484 e. The minimum Gasteiger partial charge on any atom is -0.484 e. The fraction of sp³-hybridized carbons (Fsp3) is 0.270. The van der Waals surface area contributed by atoms with Gasteiger partial charge < -0.3 is 20.7 Å². The van der Waals surface area contributed by atoms with E-state index in [9.17, 15) is 27.6 Å². The van der Waals surface area contributed by atoms with E-state index in [0.29, 0.717) is 18.5 Å². The zero-order valence-corrected chi connectivity index (χ0v) is 26.6. The summed E-state index contributed by atoms with van der Waals surface area (Å²) in [5, 5.41) is 8.43. The van der Waals surface area contributed by atoms with E-state index in [1.807, 2.05) is 67.6 Å². The number of amides is 3. The highest BCUT2D eigenvalue weighted by molar-refractivity contribution is 5.98. The number of hydrogen-bond acceptors (Lipinski definition) is 4. The number of hydrogen-bond donors (Lipinski definition) is 3. The molecule has 4 aromatic carbocycles. The van der Waals surface area contributed by atoms with E-state index < -0.39 is 30.8 Å². The lowest BCUT2D eigenvalue weighted by Crippen LogP contribution is -2.53. The van der Waals surface area contributed by atoms with Gasteiger partial charge in [0.05, 0.1) is 0 Å². The Kier molecular flexibility index (Phi) is 14.0. The Morgan fingerprint density at radius 1 is 0.723 bits per heavy atom. The van der Waals surface area contributed by atoms with Crippen molar-refractivity contribution in [2.75, 3.05) is 6.61 Å². The minimum atomic E-state index is -4.27. The fourth-order valence-corrected chi connectivity index (χ4v) is 4.30. The number of halogens is 3. The molecule has 4 rings (SSSR count). The molecule has 2 atom stereocenters. The zero-order chi connectivity index (χ0) is 34.2. The van der Waals surface area contributed by atoms with Gasteiger partial charge in [0.25, 0.3) is 5.91 Å². The predicted octanol–water partition coefficient (Wildman–Crippen LogP) is 6.35. The quantitative estimate of drug-likeness (QED) is 0.167. The van der Waals surface area contributed by atoms with Crippen molar-refractivity contribution in [3.05, 3.63) is 137 Å². The Labute approximate surface area is 273 Å². The second-order valence-corrected chi connectivity index (χ2v) is 10.9. The fourth-order valence-electron chi connectivity index (χ4n) is 4.30. The first-order valence-corrected chi connectivity index (χ1v) is 15.3. The summed E-state index contributed by atoms with van der Waals surface area (Å²) >= 11 is 0. The number of nitrogens with one attached hydrogen (secondary N) is 3. The Morgan fingerprint density at radius 3 is 1.87 bits per heavy atom. The molecule has 0 heterocycles. The van der Waals surface area contributed by atoms with Crippen molar-refractivity contribution in [1.82, 2.24) is 16.0 Å². The van der Waals surface area contributed by atoms with Crippen LogP contribution in [-0.4, -0.2) is 42.6 Å². The third-order valence-electron chi connectivity index (χ3n) is 7.01. The lowest BCUT2D eigenvalue weighted by Gasteiger charge is -2.21. The molecule has 0 saturated carbocycles. The third kappa shape index (κ3) is 13.4. The van der Waals surface area contributed by atoms with Gasteiger partial charge in [-0.2, -0.15) is 13.2 Å². The molecule has 0 aliphatic heterocycles. The highest BCUT2D eigenvalue weighted by Gasteiger charge is 2.28. The number of rotatable bonds is 12. The van der Waals surface area contributed by atoms with Crippen LogP contribution in [0.1, 0.15) is 46.5 Å². The van der Waals surface area contributed by atoms with Gasteiger partial charge in [-0.3, -0.25) is 14.4 Å². The molecule has 2 unspecified atom stereocenters. The summed E-state index contributed by atoms with van der Waals surface area (Å²) in [6.07, 6.45) is -2.98. The molecular formula is C37H40F3N3O4. The number of carbonyl (C=O) groups is 3. The van der Waals surface area contributed by atoms with E-state index in [2.05, 4.69) is 27.6 Å². The summed E-state index contributed by atoms with van der Waals surface area (Å²) in [6.45, 7) is 4.67. The second-order valence-electron chi connectivity index (χ2n) is 10.9. The van der Waals surface area contributed by atoms with Gasteiger partial charge in [-0.15, -0.1) is 0 Å². The number of carbonyl (C=O) groups excluding carboxylic acids is 3. The molecule has 0 spiro atoms. The number of aryl methyl sites for hydroxylation is 2. The minimum absolute atomic E-state index is 0.239. The second kappa shape index (κ2) is 18.1. The molecule has 0 saturated heterocycles. The van der Waals surface area contributed by atoms with Crippen molar-refractivity contribution < 1.29 is 32.3 Å². The van der Waals surface area contributed by atoms with Crippen LogP contribution in [0.4, 0.5) is 13.2 Å². The zero-order valence-electron chi connectivity index (χ0n) is 26.6.